The normalized spacial score (nSPS) is 18.7. The minimum atomic E-state index is -0.984. The van der Waals surface area contributed by atoms with Crippen molar-refractivity contribution in [2.24, 2.45) is 0 Å². The molecule has 230 valence electrons. The smallest absolute Gasteiger partial charge is 0.306 e. The first-order valence-electron chi connectivity index (χ1n) is 14.3. The number of carbonyl (C=O) groups excluding carboxylic acids is 3. The third-order valence-electron chi connectivity index (χ3n) is 7.41. The number of hydrogen-bond donors (Lipinski definition) is 2. The predicted molar refractivity (Wildman–Crippen MR) is 170 cm³/mol. The summed E-state index contributed by atoms with van der Waals surface area (Å²) in [7, 11) is 3.27. The van der Waals surface area contributed by atoms with Gasteiger partial charge in [0.1, 0.15) is 17.6 Å². The molecule has 8 nitrogen and oxygen atoms in total. The van der Waals surface area contributed by atoms with Crippen molar-refractivity contribution >= 4 is 41.1 Å². The van der Waals surface area contributed by atoms with Gasteiger partial charge in [0.25, 0.3) is 0 Å². The van der Waals surface area contributed by atoms with E-state index in [4.69, 9.17) is 14.2 Å². The van der Waals surface area contributed by atoms with E-state index in [1.807, 2.05) is 55.6 Å². The molecule has 2 aromatic carbocycles. The van der Waals surface area contributed by atoms with Gasteiger partial charge in [0, 0.05) is 23.7 Å². The zero-order valence-corrected chi connectivity index (χ0v) is 26.5. The molecule has 1 aliphatic heterocycles. The van der Waals surface area contributed by atoms with Gasteiger partial charge in [0.05, 0.1) is 29.9 Å². The summed E-state index contributed by atoms with van der Waals surface area (Å²) in [5, 5.41) is 20.9. The number of methoxy groups -OCH3 is 2. The molecule has 3 atom stereocenters. The highest BCUT2D eigenvalue weighted by Crippen LogP contribution is 2.49. The number of rotatable bonds is 12. The molecular weight excluding hydrogens is 588 g/mol. The van der Waals surface area contributed by atoms with Gasteiger partial charge in [-0.05, 0) is 74.8 Å². The largest absolute Gasteiger partial charge is 0.507 e. The molecular formula is C33H38O8S2. The SMILES string of the molecule is COc1ccc(C2SCC[C@@H](CCCCC(=O)O[C@H](CC=C(C)C)C3=CC(=O)c4c(O)ccc(O)c4C3=O)S2)cc1OC. The number of benzene rings is 2. The van der Waals surface area contributed by atoms with E-state index in [1.54, 1.807) is 14.2 Å². The quantitative estimate of drug-likeness (QED) is 0.108. The van der Waals surface area contributed by atoms with Gasteiger partial charge in [0.2, 0.25) is 0 Å². The van der Waals surface area contributed by atoms with Crippen LogP contribution < -0.4 is 9.47 Å². The third kappa shape index (κ3) is 7.97. The molecule has 2 aromatic rings. The molecule has 1 unspecified atom stereocenters. The number of ether oxygens (including phenoxy) is 3. The summed E-state index contributed by atoms with van der Waals surface area (Å²) in [5.74, 6) is -0.0106. The Hall–Kier alpha value is -3.37. The lowest BCUT2D eigenvalue weighted by Gasteiger charge is -2.29. The first-order chi connectivity index (χ1) is 20.6. The van der Waals surface area contributed by atoms with Gasteiger partial charge in [-0.25, -0.2) is 0 Å². The highest BCUT2D eigenvalue weighted by molar-refractivity contribution is 8.17. The molecule has 0 bridgehead atoms. The fourth-order valence-electron chi connectivity index (χ4n) is 5.14. The van der Waals surface area contributed by atoms with Crippen molar-refractivity contribution in [2.75, 3.05) is 20.0 Å². The minimum Gasteiger partial charge on any atom is -0.507 e. The molecule has 4 rings (SSSR count). The molecule has 1 fully saturated rings. The van der Waals surface area contributed by atoms with Crippen LogP contribution in [-0.2, 0) is 9.53 Å². The molecule has 1 saturated heterocycles. The monoisotopic (exact) mass is 626 g/mol. The van der Waals surface area contributed by atoms with Crippen LogP contribution in [0.15, 0.2) is 53.6 Å². The second-order valence-electron chi connectivity index (χ2n) is 10.8. The van der Waals surface area contributed by atoms with Gasteiger partial charge in [-0.2, -0.15) is 0 Å². The number of fused-ring (bicyclic) bond motifs is 1. The van der Waals surface area contributed by atoms with E-state index in [2.05, 4.69) is 6.07 Å². The second kappa shape index (κ2) is 14.9. The van der Waals surface area contributed by atoms with Gasteiger partial charge in [0.15, 0.2) is 23.1 Å². The zero-order valence-electron chi connectivity index (χ0n) is 24.9. The Morgan fingerprint density at radius 3 is 2.44 bits per heavy atom. The lowest BCUT2D eigenvalue weighted by Crippen LogP contribution is -2.29. The maximum Gasteiger partial charge on any atom is 0.306 e. The Morgan fingerprint density at radius 1 is 1.02 bits per heavy atom. The molecule has 0 saturated carbocycles. The van der Waals surface area contributed by atoms with Crippen molar-refractivity contribution in [1.29, 1.82) is 0 Å². The van der Waals surface area contributed by atoms with E-state index in [1.165, 1.54) is 17.7 Å². The second-order valence-corrected chi connectivity index (χ2v) is 13.7. The van der Waals surface area contributed by atoms with Gasteiger partial charge in [-0.1, -0.05) is 24.1 Å². The molecule has 1 aliphatic carbocycles. The molecule has 1 heterocycles. The average Bonchev–Trinajstić information content (AvgIpc) is 3.00. The van der Waals surface area contributed by atoms with Crippen LogP contribution in [0.1, 0.15) is 83.2 Å². The fraction of sp³-hybridized carbons (Fsp3) is 0.424. The summed E-state index contributed by atoms with van der Waals surface area (Å²) in [6, 6.07) is 8.39. The van der Waals surface area contributed by atoms with Crippen LogP contribution in [0, 0.1) is 0 Å². The van der Waals surface area contributed by atoms with Crippen LogP contribution in [0.3, 0.4) is 0 Å². The van der Waals surface area contributed by atoms with Crippen LogP contribution in [0.5, 0.6) is 23.0 Å². The molecule has 10 heteroatoms. The van der Waals surface area contributed by atoms with E-state index >= 15 is 0 Å². The number of Topliss-reactive ketones (excluding diaryl/α,β-unsaturated/α-hetero) is 1. The topological polar surface area (TPSA) is 119 Å². The number of carbonyl (C=O) groups is 3. The standard InChI is InChI=1S/C33H38O8S2/c1-19(2)9-13-26(22-18-25(36)30-23(34)11-12-24(35)31(30)32(22)38)41-29(37)8-6-5-7-21-15-16-42-33(43-21)20-10-14-27(39-3)28(17-20)40-4/h9-12,14,17-18,21,26,33-35H,5-8,13,15-16H2,1-4H3/t21-,26-,33?/m1/s1. The number of unbranched alkanes of at least 4 members (excludes halogenated alkanes) is 1. The number of thioether (sulfide) groups is 2. The Labute approximate surface area is 260 Å². The van der Waals surface area contributed by atoms with Gasteiger partial charge >= 0.3 is 5.97 Å². The number of esters is 1. The summed E-state index contributed by atoms with van der Waals surface area (Å²) >= 11 is 3.86. The van der Waals surface area contributed by atoms with Crippen molar-refractivity contribution in [3.8, 4) is 23.0 Å². The van der Waals surface area contributed by atoms with Crippen molar-refractivity contribution < 1.29 is 38.8 Å². The van der Waals surface area contributed by atoms with Crippen molar-refractivity contribution in [2.45, 2.75) is 68.3 Å². The minimum absolute atomic E-state index is 0.0124. The Bertz CT molecular complexity index is 1430. The summed E-state index contributed by atoms with van der Waals surface area (Å²) in [5.41, 5.74) is 1.64. The summed E-state index contributed by atoms with van der Waals surface area (Å²) < 4.78 is 16.9. The van der Waals surface area contributed by atoms with Crippen LogP contribution in [0.25, 0.3) is 0 Å². The lowest BCUT2D eigenvalue weighted by atomic mass is 9.85. The van der Waals surface area contributed by atoms with E-state index < -0.39 is 29.4 Å². The van der Waals surface area contributed by atoms with E-state index in [0.717, 1.165) is 42.4 Å². The number of hydrogen-bond acceptors (Lipinski definition) is 10. The summed E-state index contributed by atoms with van der Waals surface area (Å²) in [6.45, 7) is 3.77. The molecule has 2 N–H and O–H groups in total. The maximum atomic E-state index is 13.3. The first kappa shape index (κ1) is 32.5. The summed E-state index contributed by atoms with van der Waals surface area (Å²) in [6.07, 6.45) is 5.93. The van der Waals surface area contributed by atoms with Crippen LogP contribution >= 0.6 is 23.5 Å². The number of phenols is 2. The van der Waals surface area contributed by atoms with E-state index in [0.29, 0.717) is 22.0 Å². The number of ketones is 2. The molecule has 0 amide bonds. The molecule has 2 aliphatic rings. The summed E-state index contributed by atoms with van der Waals surface area (Å²) in [4.78, 5) is 39.0. The Morgan fingerprint density at radius 2 is 1.74 bits per heavy atom. The van der Waals surface area contributed by atoms with Crippen molar-refractivity contribution in [1.82, 2.24) is 0 Å². The average molecular weight is 627 g/mol. The van der Waals surface area contributed by atoms with Gasteiger partial charge in [-0.15, -0.1) is 23.5 Å². The van der Waals surface area contributed by atoms with Crippen LogP contribution in [0.2, 0.25) is 0 Å². The van der Waals surface area contributed by atoms with Crippen molar-refractivity contribution in [3.63, 3.8) is 0 Å². The van der Waals surface area contributed by atoms with Crippen LogP contribution in [-0.4, -0.2) is 59.1 Å². The van der Waals surface area contributed by atoms with E-state index in [9.17, 15) is 24.6 Å². The van der Waals surface area contributed by atoms with Crippen LogP contribution in [0.4, 0.5) is 0 Å². The lowest BCUT2D eigenvalue weighted by molar-refractivity contribution is -0.147. The number of allylic oxidation sites excluding steroid dienone is 2. The molecule has 0 spiro atoms. The number of aromatic hydroxyl groups is 2. The highest BCUT2D eigenvalue weighted by atomic mass is 32.2. The molecule has 43 heavy (non-hydrogen) atoms. The van der Waals surface area contributed by atoms with Crippen molar-refractivity contribution in [3.05, 3.63) is 70.3 Å². The van der Waals surface area contributed by atoms with Gasteiger partial charge in [-0.3, -0.25) is 14.4 Å². The van der Waals surface area contributed by atoms with E-state index in [-0.39, 0.29) is 35.3 Å². The number of phenolic OH excluding ortho intramolecular Hbond substituents is 2. The Kier molecular flexibility index (Phi) is 11.3. The molecule has 0 radical (unpaired) electrons. The maximum absolute atomic E-state index is 13.3. The first-order valence-corrected chi connectivity index (χ1v) is 16.3. The molecule has 0 aromatic heterocycles. The van der Waals surface area contributed by atoms with Gasteiger partial charge < -0.3 is 24.4 Å². The Balaban J connectivity index is 1.33. The fourth-order valence-corrected chi connectivity index (χ4v) is 8.55. The highest BCUT2D eigenvalue weighted by Gasteiger charge is 2.35. The zero-order chi connectivity index (χ0) is 31.1. The third-order valence-corrected chi connectivity index (χ3v) is 10.6. The predicted octanol–water partition coefficient (Wildman–Crippen LogP) is 7.19.